The third-order valence-electron chi connectivity index (χ3n) is 2.42. The van der Waals surface area contributed by atoms with Crippen molar-refractivity contribution < 1.29 is 4.79 Å². The first-order valence-corrected chi connectivity index (χ1v) is 3.77. The van der Waals surface area contributed by atoms with Crippen molar-refractivity contribution in [1.82, 2.24) is 0 Å². The van der Waals surface area contributed by atoms with Crippen LogP contribution >= 0.6 is 0 Å². The molecule has 1 rings (SSSR count). The Labute approximate surface area is 62.1 Å². The Bertz CT molecular complexity index is 197. The summed E-state index contributed by atoms with van der Waals surface area (Å²) in [5, 5.41) is 0. The average Bonchev–Trinajstić information content (AvgIpc) is 1.87. The van der Waals surface area contributed by atoms with Gasteiger partial charge in [-0.25, -0.2) is 0 Å². The van der Waals surface area contributed by atoms with E-state index in [-0.39, 0.29) is 5.92 Å². The van der Waals surface area contributed by atoms with Crippen molar-refractivity contribution in [2.45, 2.75) is 27.7 Å². The number of hydrogen-bond donors (Lipinski definition) is 0. The van der Waals surface area contributed by atoms with E-state index in [9.17, 15) is 4.79 Å². The quantitative estimate of drug-likeness (QED) is 0.469. The summed E-state index contributed by atoms with van der Waals surface area (Å²) < 4.78 is 0. The van der Waals surface area contributed by atoms with E-state index in [1.807, 2.05) is 20.8 Å². The molecule has 0 amide bonds. The van der Waals surface area contributed by atoms with E-state index in [0.29, 0.717) is 11.7 Å². The van der Waals surface area contributed by atoms with Gasteiger partial charge in [0.1, 0.15) is 0 Å². The third kappa shape index (κ3) is 0.808. The number of carbonyl (C=O) groups excluding carboxylic acids is 1. The van der Waals surface area contributed by atoms with E-state index in [4.69, 9.17) is 0 Å². The molecule has 0 aliphatic heterocycles. The molecular weight excluding hydrogens is 124 g/mol. The second kappa shape index (κ2) is 2.22. The molecule has 0 spiro atoms. The zero-order valence-electron chi connectivity index (χ0n) is 7.06. The molecular formula is C9H14O. The van der Waals surface area contributed by atoms with Crippen LogP contribution in [0.4, 0.5) is 0 Å². The standard InChI is InChI=1S/C9H14O/c1-5(2)8-6(3)7(4)9(8)10/h6-7H,1-4H3/t6-,7-/m1/s1. The van der Waals surface area contributed by atoms with Crippen LogP contribution in [0.15, 0.2) is 11.1 Å². The summed E-state index contributed by atoms with van der Waals surface area (Å²) in [5.74, 6) is 1.12. The number of ketones is 1. The molecule has 1 fully saturated rings. The second-order valence-electron chi connectivity index (χ2n) is 3.36. The lowest BCUT2D eigenvalue weighted by molar-refractivity contribution is -0.125. The molecule has 0 N–H and O–H groups in total. The van der Waals surface area contributed by atoms with Gasteiger partial charge in [-0.1, -0.05) is 19.4 Å². The maximum Gasteiger partial charge on any atom is 0.162 e. The highest BCUT2D eigenvalue weighted by Gasteiger charge is 2.38. The van der Waals surface area contributed by atoms with Crippen LogP contribution in [0.5, 0.6) is 0 Å². The van der Waals surface area contributed by atoms with Gasteiger partial charge in [0.15, 0.2) is 5.78 Å². The first-order chi connectivity index (χ1) is 4.55. The van der Waals surface area contributed by atoms with E-state index in [1.165, 1.54) is 5.57 Å². The van der Waals surface area contributed by atoms with Crippen molar-refractivity contribution in [3.8, 4) is 0 Å². The van der Waals surface area contributed by atoms with Gasteiger partial charge in [-0.05, 0) is 25.3 Å². The molecule has 0 saturated heterocycles. The van der Waals surface area contributed by atoms with E-state index < -0.39 is 0 Å². The van der Waals surface area contributed by atoms with Crippen LogP contribution in [-0.2, 0) is 4.79 Å². The Hall–Kier alpha value is -0.590. The predicted molar refractivity (Wildman–Crippen MR) is 41.7 cm³/mol. The summed E-state index contributed by atoms with van der Waals surface area (Å²) in [6.07, 6.45) is 0. The van der Waals surface area contributed by atoms with Crippen LogP contribution in [0.1, 0.15) is 27.7 Å². The van der Waals surface area contributed by atoms with Crippen LogP contribution in [0.25, 0.3) is 0 Å². The number of Topliss-reactive ketones (excluding diaryl/α,β-unsaturated/α-hetero) is 1. The molecule has 1 aliphatic carbocycles. The van der Waals surface area contributed by atoms with Gasteiger partial charge in [0.25, 0.3) is 0 Å². The second-order valence-corrected chi connectivity index (χ2v) is 3.36. The minimum Gasteiger partial charge on any atom is -0.294 e. The summed E-state index contributed by atoms with van der Waals surface area (Å²) in [5.41, 5.74) is 2.25. The zero-order chi connectivity index (χ0) is 7.89. The van der Waals surface area contributed by atoms with Gasteiger partial charge < -0.3 is 0 Å². The molecule has 10 heavy (non-hydrogen) atoms. The topological polar surface area (TPSA) is 17.1 Å². The van der Waals surface area contributed by atoms with Crippen LogP contribution in [0.2, 0.25) is 0 Å². The number of allylic oxidation sites excluding steroid dienone is 2. The first kappa shape index (κ1) is 7.52. The molecule has 1 aliphatic rings. The normalized spacial score (nSPS) is 32.0. The molecule has 0 unspecified atom stereocenters. The maximum absolute atomic E-state index is 11.2. The molecule has 1 saturated carbocycles. The molecule has 0 aromatic carbocycles. The SMILES string of the molecule is CC(C)=C1C(=O)[C@H](C)[C@H]1C. The van der Waals surface area contributed by atoms with Gasteiger partial charge in [0.2, 0.25) is 0 Å². The molecule has 0 bridgehead atoms. The maximum atomic E-state index is 11.2. The lowest BCUT2D eigenvalue weighted by atomic mass is 9.68. The van der Waals surface area contributed by atoms with Gasteiger partial charge in [-0.2, -0.15) is 0 Å². The lowest BCUT2D eigenvalue weighted by Gasteiger charge is -2.33. The van der Waals surface area contributed by atoms with Gasteiger partial charge in [0, 0.05) is 5.92 Å². The Kier molecular flexibility index (Phi) is 1.67. The van der Waals surface area contributed by atoms with E-state index in [2.05, 4.69) is 6.92 Å². The summed E-state index contributed by atoms with van der Waals surface area (Å²) in [7, 11) is 0. The minimum absolute atomic E-state index is 0.268. The van der Waals surface area contributed by atoms with Crippen molar-refractivity contribution >= 4 is 5.78 Å². The van der Waals surface area contributed by atoms with Gasteiger partial charge in [-0.15, -0.1) is 0 Å². The fraction of sp³-hybridized carbons (Fsp3) is 0.667. The Morgan fingerprint density at radius 2 is 1.70 bits per heavy atom. The van der Waals surface area contributed by atoms with Crippen molar-refractivity contribution in [3.63, 3.8) is 0 Å². The molecule has 0 aromatic rings. The minimum atomic E-state index is 0.268. The molecule has 56 valence electrons. The van der Waals surface area contributed by atoms with Crippen molar-refractivity contribution in [2.24, 2.45) is 11.8 Å². The van der Waals surface area contributed by atoms with Gasteiger partial charge in [0.05, 0.1) is 0 Å². The fourth-order valence-electron chi connectivity index (χ4n) is 1.55. The van der Waals surface area contributed by atoms with Gasteiger partial charge in [-0.3, -0.25) is 4.79 Å². The van der Waals surface area contributed by atoms with Crippen molar-refractivity contribution in [1.29, 1.82) is 0 Å². The molecule has 0 aromatic heterocycles. The Morgan fingerprint density at radius 1 is 1.20 bits per heavy atom. The first-order valence-electron chi connectivity index (χ1n) is 3.77. The van der Waals surface area contributed by atoms with E-state index in [1.54, 1.807) is 0 Å². The smallest absolute Gasteiger partial charge is 0.162 e. The van der Waals surface area contributed by atoms with Crippen LogP contribution in [0, 0.1) is 11.8 Å². The number of rotatable bonds is 0. The van der Waals surface area contributed by atoms with Crippen molar-refractivity contribution in [3.05, 3.63) is 11.1 Å². The highest BCUT2D eigenvalue weighted by Crippen LogP contribution is 2.37. The van der Waals surface area contributed by atoms with E-state index >= 15 is 0 Å². The summed E-state index contributed by atoms with van der Waals surface area (Å²) in [6, 6.07) is 0. The number of carbonyl (C=O) groups is 1. The molecule has 1 nitrogen and oxygen atoms in total. The molecule has 2 atom stereocenters. The molecule has 0 radical (unpaired) electrons. The van der Waals surface area contributed by atoms with E-state index in [0.717, 1.165) is 5.57 Å². The lowest BCUT2D eigenvalue weighted by Crippen LogP contribution is -2.36. The summed E-state index contributed by atoms with van der Waals surface area (Å²) >= 11 is 0. The molecule has 0 heterocycles. The predicted octanol–water partition coefficient (Wildman–Crippen LogP) is 2.18. The monoisotopic (exact) mass is 138 g/mol. The third-order valence-corrected chi connectivity index (χ3v) is 2.42. The Balaban J connectivity index is 2.87. The largest absolute Gasteiger partial charge is 0.294 e. The van der Waals surface area contributed by atoms with Crippen LogP contribution in [-0.4, -0.2) is 5.78 Å². The van der Waals surface area contributed by atoms with Crippen molar-refractivity contribution in [2.75, 3.05) is 0 Å². The number of hydrogen-bond acceptors (Lipinski definition) is 1. The summed E-state index contributed by atoms with van der Waals surface area (Å²) in [4.78, 5) is 11.2. The van der Waals surface area contributed by atoms with Crippen LogP contribution < -0.4 is 0 Å². The fourth-order valence-corrected chi connectivity index (χ4v) is 1.55. The molecule has 1 heteroatoms. The Morgan fingerprint density at radius 3 is 1.90 bits per heavy atom. The highest BCUT2D eigenvalue weighted by atomic mass is 16.1. The zero-order valence-corrected chi connectivity index (χ0v) is 7.06. The summed E-state index contributed by atoms with van der Waals surface area (Å²) in [6.45, 7) is 8.14. The van der Waals surface area contributed by atoms with Gasteiger partial charge >= 0.3 is 0 Å². The highest BCUT2D eigenvalue weighted by molar-refractivity contribution is 6.04. The average molecular weight is 138 g/mol. The van der Waals surface area contributed by atoms with Crippen LogP contribution in [0.3, 0.4) is 0 Å².